The number of benzene rings is 1. The molecule has 0 saturated heterocycles. The lowest BCUT2D eigenvalue weighted by Crippen LogP contribution is -2.23. The molecule has 0 saturated carbocycles. The third-order valence-corrected chi connectivity index (χ3v) is 3.83. The van der Waals surface area contributed by atoms with Crippen LogP contribution in [0.2, 0.25) is 5.02 Å². The van der Waals surface area contributed by atoms with Crippen LogP contribution in [0.4, 0.5) is 5.69 Å². The van der Waals surface area contributed by atoms with E-state index in [1.807, 2.05) is 0 Å². The van der Waals surface area contributed by atoms with Crippen LogP contribution in [0.3, 0.4) is 0 Å². The molecule has 0 fully saturated rings. The molecular formula is C10H9ClN2O4S. The molecule has 0 radical (unpaired) electrons. The summed E-state index contributed by atoms with van der Waals surface area (Å²) in [6.07, 6.45) is 0. The van der Waals surface area contributed by atoms with Crippen molar-refractivity contribution in [2.45, 2.75) is 12.2 Å². The minimum Gasteiger partial charge on any atom is -0.478 e. The van der Waals surface area contributed by atoms with E-state index in [-0.39, 0.29) is 16.3 Å². The third kappa shape index (κ3) is 3.35. The number of hydrogen-bond donors (Lipinski definition) is 2. The number of sulfonamides is 1. The predicted molar refractivity (Wildman–Crippen MR) is 66.0 cm³/mol. The van der Waals surface area contributed by atoms with E-state index >= 15 is 0 Å². The number of hydrogen-bond acceptors (Lipinski definition) is 4. The fourth-order valence-corrected chi connectivity index (χ4v) is 2.09. The van der Waals surface area contributed by atoms with Crippen LogP contribution in [0.5, 0.6) is 0 Å². The lowest BCUT2D eigenvalue weighted by atomic mass is 10.2. The number of nitriles is 1. The molecule has 0 aliphatic heterocycles. The molecule has 0 aliphatic rings. The van der Waals surface area contributed by atoms with Gasteiger partial charge in [-0.2, -0.15) is 5.26 Å². The standard InChI is InChI=1S/C10H9ClN2O4S/c1-6(5-12)18(16,17)13-9-3-7(10(14)15)2-8(11)4-9/h2-4,6,13H,1H3,(H,14,15). The first-order valence-corrected chi connectivity index (χ1v) is 6.64. The molecule has 18 heavy (non-hydrogen) atoms. The molecule has 1 unspecified atom stereocenters. The molecule has 96 valence electrons. The van der Waals surface area contributed by atoms with Gasteiger partial charge in [0, 0.05) is 5.02 Å². The molecule has 6 nitrogen and oxygen atoms in total. The lowest BCUT2D eigenvalue weighted by molar-refractivity contribution is 0.0697. The van der Waals surface area contributed by atoms with Crippen molar-refractivity contribution in [1.29, 1.82) is 5.26 Å². The summed E-state index contributed by atoms with van der Waals surface area (Å²) in [5.41, 5.74) is -0.146. The predicted octanol–water partition coefficient (Wildman–Crippen LogP) is 1.69. The van der Waals surface area contributed by atoms with Crippen molar-refractivity contribution in [3.63, 3.8) is 0 Å². The number of carbonyl (C=O) groups is 1. The quantitative estimate of drug-likeness (QED) is 0.876. The zero-order valence-electron chi connectivity index (χ0n) is 9.21. The number of halogens is 1. The fourth-order valence-electron chi connectivity index (χ4n) is 1.09. The summed E-state index contributed by atoms with van der Waals surface area (Å²) < 4.78 is 25.3. The summed E-state index contributed by atoms with van der Waals surface area (Å²) in [4.78, 5) is 10.8. The van der Waals surface area contributed by atoms with Crippen LogP contribution in [0.15, 0.2) is 18.2 Å². The van der Waals surface area contributed by atoms with Gasteiger partial charge >= 0.3 is 5.97 Å². The van der Waals surface area contributed by atoms with Crippen molar-refractivity contribution >= 4 is 33.3 Å². The first-order valence-electron chi connectivity index (χ1n) is 4.71. The molecule has 1 atom stereocenters. The Kier molecular flexibility index (Phi) is 4.16. The van der Waals surface area contributed by atoms with Crippen LogP contribution in [0.1, 0.15) is 17.3 Å². The minimum absolute atomic E-state index is 0.00185. The van der Waals surface area contributed by atoms with Crippen LogP contribution < -0.4 is 4.72 Å². The maximum Gasteiger partial charge on any atom is 0.335 e. The van der Waals surface area contributed by atoms with Gasteiger partial charge in [-0.05, 0) is 25.1 Å². The summed E-state index contributed by atoms with van der Waals surface area (Å²) in [6, 6.07) is 5.15. The SMILES string of the molecule is CC(C#N)S(=O)(=O)Nc1cc(Cl)cc(C(=O)O)c1. The smallest absolute Gasteiger partial charge is 0.335 e. The normalized spacial score (nSPS) is 12.5. The fraction of sp³-hybridized carbons (Fsp3) is 0.200. The molecule has 0 spiro atoms. The van der Waals surface area contributed by atoms with Gasteiger partial charge in [0.15, 0.2) is 5.25 Å². The Morgan fingerprint density at radius 1 is 1.50 bits per heavy atom. The van der Waals surface area contributed by atoms with Crippen LogP contribution in [0, 0.1) is 11.3 Å². The molecule has 1 rings (SSSR count). The third-order valence-electron chi connectivity index (χ3n) is 2.05. The van der Waals surface area contributed by atoms with E-state index in [4.69, 9.17) is 22.0 Å². The van der Waals surface area contributed by atoms with Gasteiger partial charge in [-0.25, -0.2) is 13.2 Å². The van der Waals surface area contributed by atoms with E-state index in [0.717, 1.165) is 6.07 Å². The molecule has 2 N–H and O–H groups in total. The van der Waals surface area contributed by atoms with Gasteiger partial charge in [0.05, 0.1) is 17.3 Å². The highest BCUT2D eigenvalue weighted by atomic mass is 35.5. The molecule has 0 aliphatic carbocycles. The number of anilines is 1. The van der Waals surface area contributed by atoms with Crippen molar-refractivity contribution in [2.75, 3.05) is 4.72 Å². The Balaban J connectivity index is 3.14. The molecule has 1 aromatic rings. The average molecular weight is 289 g/mol. The second-order valence-corrected chi connectivity index (χ2v) is 5.89. The van der Waals surface area contributed by atoms with Crippen molar-refractivity contribution in [2.24, 2.45) is 0 Å². The van der Waals surface area contributed by atoms with Crippen molar-refractivity contribution in [1.82, 2.24) is 0 Å². The van der Waals surface area contributed by atoms with Crippen LogP contribution in [-0.4, -0.2) is 24.7 Å². The zero-order valence-corrected chi connectivity index (χ0v) is 10.8. The van der Waals surface area contributed by atoms with Crippen LogP contribution in [0.25, 0.3) is 0 Å². The molecule has 0 amide bonds. The molecule has 0 bridgehead atoms. The van der Waals surface area contributed by atoms with Gasteiger partial charge in [-0.1, -0.05) is 11.6 Å². The maximum absolute atomic E-state index is 11.6. The van der Waals surface area contributed by atoms with Gasteiger partial charge in [-0.15, -0.1) is 0 Å². The van der Waals surface area contributed by atoms with E-state index in [1.54, 1.807) is 6.07 Å². The second-order valence-electron chi connectivity index (χ2n) is 3.45. The van der Waals surface area contributed by atoms with Gasteiger partial charge in [0.2, 0.25) is 10.0 Å². The molecule has 1 aromatic carbocycles. The maximum atomic E-state index is 11.6. The number of carboxylic acids is 1. The van der Waals surface area contributed by atoms with E-state index in [1.165, 1.54) is 19.1 Å². The summed E-state index contributed by atoms with van der Waals surface area (Å²) in [7, 11) is -3.89. The number of nitrogens with zero attached hydrogens (tertiary/aromatic N) is 1. The summed E-state index contributed by atoms with van der Waals surface area (Å²) in [5.74, 6) is -1.23. The van der Waals surface area contributed by atoms with Crippen molar-refractivity contribution < 1.29 is 18.3 Å². The van der Waals surface area contributed by atoms with E-state index in [0.29, 0.717) is 0 Å². The zero-order chi connectivity index (χ0) is 13.9. The Labute approximate surface area is 109 Å². The van der Waals surface area contributed by atoms with Crippen LogP contribution >= 0.6 is 11.6 Å². The Morgan fingerprint density at radius 2 is 2.11 bits per heavy atom. The van der Waals surface area contributed by atoms with E-state index in [9.17, 15) is 13.2 Å². The molecular weight excluding hydrogens is 280 g/mol. The van der Waals surface area contributed by atoms with Crippen molar-refractivity contribution in [3.05, 3.63) is 28.8 Å². The van der Waals surface area contributed by atoms with Gasteiger partial charge in [0.1, 0.15) is 0 Å². The molecule has 0 aromatic heterocycles. The Hall–Kier alpha value is -1.78. The molecule has 8 heteroatoms. The van der Waals surface area contributed by atoms with Crippen molar-refractivity contribution in [3.8, 4) is 6.07 Å². The van der Waals surface area contributed by atoms with Gasteiger partial charge in [-0.3, -0.25) is 4.72 Å². The van der Waals surface area contributed by atoms with E-state index in [2.05, 4.69) is 4.72 Å². The minimum atomic E-state index is -3.89. The highest BCUT2D eigenvalue weighted by Crippen LogP contribution is 2.21. The number of rotatable bonds is 4. The lowest BCUT2D eigenvalue weighted by Gasteiger charge is -2.10. The van der Waals surface area contributed by atoms with E-state index < -0.39 is 21.2 Å². The highest BCUT2D eigenvalue weighted by molar-refractivity contribution is 7.93. The monoisotopic (exact) mass is 288 g/mol. The topological polar surface area (TPSA) is 107 Å². The first kappa shape index (κ1) is 14.3. The number of aromatic carboxylic acids is 1. The highest BCUT2D eigenvalue weighted by Gasteiger charge is 2.20. The largest absolute Gasteiger partial charge is 0.478 e. The summed E-state index contributed by atoms with van der Waals surface area (Å²) >= 11 is 5.67. The summed E-state index contributed by atoms with van der Waals surface area (Å²) in [5, 5.41) is 16.2. The second kappa shape index (κ2) is 5.25. The van der Waals surface area contributed by atoms with Crippen LogP contribution in [-0.2, 0) is 10.0 Å². The number of carboxylic acid groups (broad SMARTS) is 1. The number of nitrogens with one attached hydrogen (secondary N) is 1. The molecule has 0 heterocycles. The Bertz CT molecular complexity index is 621. The van der Waals surface area contributed by atoms with Gasteiger partial charge < -0.3 is 5.11 Å². The first-order chi connectivity index (χ1) is 8.26. The van der Waals surface area contributed by atoms with Gasteiger partial charge in [0.25, 0.3) is 0 Å². The summed E-state index contributed by atoms with van der Waals surface area (Å²) in [6.45, 7) is 1.21. The average Bonchev–Trinajstić information content (AvgIpc) is 2.26. The Morgan fingerprint density at radius 3 is 2.61 bits per heavy atom.